The normalized spacial score (nSPS) is 10.1. The van der Waals surface area contributed by atoms with Gasteiger partial charge in [-0.1, -0.05) is 26.7 Å². The van der Waals surface area contributed by atoms with E-state index in [0.717, 1.165) is 25.7 Å². The zero-order chi connectivity index (χ0) is 11.6. The Morgan fingerprint density at radius 2 is 1.75 bits per heavy atom. The van der Waals surface area contributed by atoms with Crippen LogP contribution < -0.4 is 9.47 Å². The summed E-state index contributed by atoms with van der Waals surface area (Å²) in [6.07, 6.45) is 5.94. The molecular formula is C12H20N2O2. The summed E-state index contributed by atoms with van der Waals surface area (Å²) in [5.74, 6) is 0.593. The molecule has 4 nitrogen and oxygen atoms in total. The van der Waals surface area contributed by atoms with E-state index in [0.29, 0.717) is 25.1 Å². The van der Waals surface area contributed by atoms with Crippen LogP contribution in [0.15, 0.2) is 12.3 Å². The molecule has 0 spiro atoms. The van der Waals surface area contributed by atoms with Crippen molar-refractivity contribution in [2.75, 3.05) is 13.2 Å². The number of rotatable bonds is 8. The van der Waals surface area contributed by atoms with Gasteiger partial charge >= 0.3 is 6.01 Å². The lowest BCUT2D eigenvalue weighted by Crippen LogP contribution is -2.03. The van der Waals surface area contributed by atoms with Crippen molar-refractivity contribution in [1.29, 1.82) is 0 Å². The number of nitrogens with zero attached hydrogens (tertiary/aromatic N) is 2. The van der Waals surface area contributed by atoms with Crippen LogP contribution in [0, 0.1) is 0 Å². The zero-order valence-corrected chi connectivity index (χ0v) is 10.1. The first-order valence-corrected chi connectivity index (χ1v) is 5.95. The van der Waals surface area contributed by atoms with Crippen molar-refractivity contribution >= 4 is 0 Å². The lowest BCUT2D eigenvalue weighted by Gasteiger charge is -2.06. The Morgan fingerprint density at radius 1 is 1.06 bits per heavy atom. The van der Waals surface area contributed by atoms with Crippen molar-refractivity contribution < 1.29 is 9.47 Å². The minimum absolute atomic E-state index is 0.405. The predicted octanol–water partition coefficient (Wildman–Crippen LogP) is 2.83. The molecule has 1 aromatic rings. The quantitative estimate of drug-likeness (QED) is 0.637. The molecule has 0 unspecified atom stereocenters. The van der Waals surface area contributed by atoms with Gasteiger partial charge in [0.05, 0.1) is 13.2 Å². The monoisotopic (exact) mass is 224 g/mol. The molecule has 16 heavy (non-hydrogen) atoms. The highest BCUT2D eigenvalue weighted by Crippen LogP contribution is 2.10. The van der Waals surface area contributed by atoms with E-state index in [1.165, 1.54) is 0 Å². The van der Waals surface area contributed by atoms with Crippen molar-refractivity contribution in [2.24, 2.45) is 0 Å². The van der Waals surface area contributed by atoms with Gasteiger partial charge in [0.15, 0.2) is 0 Å². The largest absolute Gasteiger partial charge is 0.478 e. The highest BCUT2D eigenvalue weighted by Gasteiger charge is 2.00. The first-order valence-electron chi connectivity index (χ1n) is 5.95. The van der Waals surface area contributed by atoms with Crippen LogP contribution in [0.25, 0.3) is 0 Å². The number of ether oxygens (including phenoxy) is 2. The van der Waals surface area contributed by atoms with Crippen LogP contribution in [0.2, 0.25) is 0 Å². The van der Waals surface area contributed by atoms with Gasteiger partial charge in [-0.3, -0.25) is 0 Å². The van der Waals surface area contributed by atoms with Gasteiger partial charge in [0, 0.05) is 12.3 Å². The van der Waals surface area contributed by atoms with Gasteiger partial charge in [-0.2, -0.15) is 4.98 Å². The highest BCUT2D eigenvalue weighted by molar-refractivity contribution is 5.10. The van der Waals surface area contributed by atoms with E-state index in [9.17, 15) is 0 Å². The van der Waals surface area contributed by atoms with E-state index < -0.39 is 0 Å². The molecule has 0 atom stereocenters. The molecule has 0 aliphatic rings. The molecule has 0 saturated carbocycles. The minimum atomic E-state index is 0.405. The second-order valence-electron chi connectivity index (χ2n) is 3.58. The molecule has 0 aliphatic carbocycles. The van der Waals surface area contributed by atoms with Crippen molar-refractivity contribution in [3.05, 3.63) is 12.3 Å². The molecule has 4 heteroatoms. The Morgan fingerprint density at radius 3 is 2.44 bits per heavy atom. The van der Waals surface area contributed by atoms with E-state index in [2.05, 4.69) is 23.8 Å². The van der Waals surface area contributed by atoms with Crippen molar-refractivity contribution in [3.8, 4) is 11.9 Å². The second-order valence-corrected chi connectivity index (χ2v) is 3.58. The lowest BCUT2D eigenvalue weighted by molar-refractivity contribution is 0.264. The molecule has 90 valence electrons. The molecule has 0 aliphatic heterocycles. The predicted molar refractivity (Wildman–Crippen MR) is 62.8 cm³/mol. The molecule has 0 bridgehead atoms. The van der Waals surface area contributed by atoms with E-state index in [4.69, 9.17) is 9.47 Å². The summed E-state index contributed by atoms with van der Waals surface area (Å²) in [5.41, 5.74) is 0. The summed E-state index contributed by atoms with van der Waals surface area (Å²) in [6.45, 7) is 5.61. The topological polar surface area (TPSA) is 44.2 Å². The smallest absolute Gasteiger partial charge is 0.319 e. The van der Waals surface area contributed by atoms with Crippen LogP contribution >= 0.6 is 0 Å². The molecule has 0 saturated heterocycles. The van der Waals surface area contributed by atoms with Crippen LogP contribution in [0.4, 0.5) is 0 Å². The van der Waals surface area contributed by atoms with Gasteiger partial charge in [-0.15, -0.1) is 0 Å². The van der Waals surface area contributed by atoms with Gasteiger partial charge in [0.1, 0.15) is 0 Å². The standard InChI is InChI=1S/C12H20N2O2/c1-3-5-9-15-11-7-8-13-12(14-11)16-10-6-4-2/h7-8H,3-6,9-10H2,1-2H3. The summed E-state index contributed by atoms with van der Waals surface area (Å²) in [4.78, 5) is 8.19. The fourth-order valence-electron chi connectivity index (χ4n) is 1.10. The molecule has 1 rings (SSSR count). The average Bonchev–Trinajstić information content (AvgIpc) is 2.30. The molecule has 0 aromatic carbocycles. The van der Waals surface area contributed by atoms with Crippen LogP contribution in [-0.4, -0.2) is 23.2 Å². The summed E-state index contributed by atoms with van der Waals surface area (Å²) in [5, 5.41) is 0. The Labute approximate surface area is 97.0 Å². The molecule has 1 aromatic heterocycles. The summed E-state index contributed by atoms with van der Waals surface area (Å²) in [6, 6.07) is 2.16. The maximum Gasteiger partial charge on any atom is 0.319 e. The fraction of sp³-hybridized carbons (Fsp3) is 0.667. The Bertz CT molecular complexity index is 267. The van der Waals surface area contributed by atoms with Crippen LogP contribution in [0.1, 0.15) is 39.5 Å². The van der Waals surface area contributed by atoms with Crippen LogP contribution in [0.5, 0.6) is 11.9 Å². The van der Waals surface area contributed by atoms with E-state index in [1.54, 1.807) is 12.3 Å². The average molecular weight is 224 g/mol. The molecular weight excluding hydrogens is 204 g/mol. The Kier molecular flexibility index (Phi) is 6.30. The minimum Gasteiger partial charge on any atom is -0.478 e. The number of aromatic nitrogens is 2. The third kappa shape index (κ3) is 4.96. The van der Waals surface area contributed by atoms with Crippen molar-refractivity contribution in [2.45, 2.75) is 39.5 Å². The maximum absolute atomic E-state index is 5.46. The first kappa shape index (κ1) is 12.7. The number of unbranched alkanes of at least 4 members (excludes halogenated alkanes) is 2. The third-order valence-corrected chi connectivity index (χ3v) is 2.08. The Hall–Kier alpha value is -1.32. The molecule has 1 heterocycles. The molecule has 0 fully saturated rings. The first-order chi connectivity index (χ1) is 7.86. The zero-order valence-electron chi connectivity index (χ0n) is 10.1. The number of hydrogen-bond donors (Lipinski definition) is 0. The third-order valence-electron chi connectivity index (χ3n) is 2.08. The van der Waals surface area contributed by atoms with E-state index in [-0.39, 0.29) is 0 Å². The van der Waals surface area contributed by atoms with Gasteiger partial charge < -0.3 is 9.47 Å². The summed E-state index contributed by atoms with van der Waals surface area (Å²) < 4.78 is 10.9. The SMILES string of the molecule is CCCCOc1ccnc(OCCCC)n1. The maximum atomic E-state index is 5.46. The van der Waals surface area contributed by atoms with Gasteiger partial charge in [0.25, 0.3) is 0 Å². The molecule has 0 N–H and O–H groups in total. The van der Waals surface area contributed by atoms with Gasteiger partial charge in [-0.05, 0) is 12.8 Å². The summed E-state index contributed by atoms with van der Waals surface area (Å²) in [7, 11) is 0. The van der Waals surface area contributed by atoms with Crippen molar-refractivity contribution in [1.82, 2.24) is 9.97 Å². The molecule has 0 amide bonds. The lowest BCUT2D eigenvalue weighted by atomic mass is 10.4. The van der Waals surface area contributed by atoms with Crippen LogP contribution in [0.3, 0.4) is 0 Å². The Balaban J connectivity index is 2.37. The second kappa shape index (κ2) is 7.91. The fourth-order valence-corrected chi connectivity index (χ4v) is 1.10. The van der Waals surface area contributed by atoms with E-state index >= 15 is 0 Å². The van der Waals surface area contributed by atoms with E-state index in [1.807, 2.05) is 0 Å². The van der Waals surface area contributed by atoms with Crippen LogP contribution in [-0.2, 0) is 0 Å². The summed E-state index contributed by atoms with van der Waals surface area (Å²) >= 11 is 0. The number of hydrogen-bond acceptors (Lipinski definition) is 4. The molecule has 0 radical (unpaired) electrons. The highest BCUT2D eigenvalue weighted by atomic mass is 16.5. The van der Waals surface area contributed by atoms with Gasteiger partial charge in [-0.25, -0.2) is 4.98 Å². The van der Waals surface area contributed by atoms with Crippen molar-refractivity contribution in [3.63, 3.8) is 0 Å². The van der Waals surface area contributed by atoms with Gasteiger partial charge in [0.2, 0.25) is 5.88 Å².